The van der Waals surface area contributed by atoms with Gasteiger partial charge in [-0.05, 0) is 39.3 Å². The van der Waals surface area contributed by atoms with Crippen molar-refractivity contribution < 1.29 is 4.79 Å². The molecule has 0 saturated heterocycles. The van der Waals surface area contributed by atoms with Crippen molar-refractivity contribution in [2.24, 2.45) is 7.05 Å². The predicted molar refractivity (Wildman–Crippen MR) is 79.7 cm³/mol. The zero-order chi connectivity index (χ0) is 14.9. The summed E-state index contributed by atoms with van der Waals surface area (Å²) in [6.45, 7) is 7.96. The number of amides is 1. The highest BCUT2D eigenvalue weighted by atomic mass is 16.1. The number of benzene rings is 1. The molecule has 0 aliphatic rings. The Morgan fingerprint density at radius 1 is 1.30 bits per heavy atom. The molecule has 0 aliphatic carbocycles. The van der Waals surface area contributed by atoms with Gasteiger partial charge >= 0.3 is 0 Å². The van der Waals surface area contributed by atoms with E-state index in [0.717, 1.165) is 27.9 Å². The lowest BCUT2D eigenvalue weighted by molar-refractivity contribution is 0.0939. The first-order chi connectivity index (χ1) is 9.40. The van der Waals surface area contributed by atoms with Gasteiger partial charge in [-0.2, -0.15) is 5.10 Å². The van der Waals surface area contributed by atoms with Crippen LogP contribution in [0.1, 0.15) is 45.7 Å². The molecule has 4 heteroatoms. The maximum Gasteiger partial charge on any atom is 0.252 e. The molecule has 0 fully saturated rings. The van der Waals surface area contributed by atoms with Gasteiger partial charge in [-0.25, -0.2) is 0 Å². The summed E-state index contributed by atoms with van der Waals surface area (Å²) in [5.74, 6) is -0.0433. The maximum absolute atomic E-state index is 12.3. The molecule has 1 atom stereocenters. The summed E-state index contributed by atoms with van der Waals surface area (Å²) in [5.41, 5.74) is 5.00. The first-order valence-electron chi connectivity index (χ1n) is 6.76. The van der Waals surface area contributed by atoms with E-state index in [1.165, 1.54) is 0 Å². The molecule has 0 aliphatic heterocycles. The largest absolute Gasteiger partial charge is 0.345 e. The SMILES string of the molecule is Cc1ccc(C(=O)NC(C)c2cnn(C)c2C)c(C)c1. The van der Waals surface area contributed by atoms with E-state index in [1.807, 2.05) is 63.8 Å². The molecule has 1 amide bonds. The number of nitrogens with one attached hydrogen (secondary N) is 1. The Kier molecular flexibility index (Phi) is 3.93. The Bertz CT molecular complexity index is 643. The average Bonchev–Trinajstić information content (AvgIpc) is 2.69. The Hall–Kier alpha value is -2.10. The zero-order valence-electron chi connectivity index (χ0n) is 12.7. The minimum Gasteiger partial charge on any atom is -0.345 e. The Balaban J connectivity index is 2.17. The number of rotatable bonds is 3. The van der Waals surface area contributed by atoms with Gasteiger partial charge in [0.05, 0.1) is 12.2 Å². The van der Waals surface area contributed by atoms with Crippen LogP contribution in [-0.4, -0.2) is 15.7 Å². The van der Waals surface area contributed by atoms with Gasteiger partial charge in [-0.3, -0.25) is 9.48 Å². The van der Waals surface area contributed by atoms with Gasteiger partial charge in [0, 0.05) is 23.9 Å². The van der Waals surface area contributed by atoms with Crippen molar-refractivity contribution in [2.75, 3.05) is 0 Å². The third kappa shape index (κ3) is 2.74. The van der Waals surface area contributed by atoms with E-state index in [4.69, 9.17) is 0 Å². The molecule has 1 aromatic carbocycles. The second-order valence-electron chi connectivity index (χ2n) is 5.32. The lowest BCUT2D eigenvalue weighted by Gasteiger charge is -2.15. The smallest absolute Gasteiger partial charge is 0.252 e. The van der Waals surface area contributed by atoms with Crippen LogP contribution in [0.4, 0.5) is 0 Å². The number of aryl methyl sites for hydroxylation is 3. The highest BCUT2D eigenvalue weighted by molar-refractivity contribution is 5.95. The fourth-order valence-electron chi connectivity index (χ4n) is 2.36. The molecule has 1 heterocycles. The monoisotopic (exact) mass is 271 g/mol. The molecule has 2 rings (SSSR count). The topological polar surface area (TPSA) is 46.9 Å². The molecule has 0 radical (unpaired) electrons. The van der Waals surface area contributed by atoms with Crippen LogP contribution in [0.2, 0.25) is 0 Å². The second-order valence-corrected chi connectivity index (χ2v) is 5.32. The molecular weight excluding hydrogens is 250 g/mol. The number of aromatic nitrogens is 2. The van der Waals surface area contributed by atoms with Crippen molar-refractivity contribution in [1.82, 2.24) is 15.1 Å². The number of hydrogen-bond donors (Lipinski definition) is 1. The second kappa shape index (κ2) is 5.49. The molecule has 4 nitrogen and oxygen atoms in total. The molecule has 2 aromatic rings. The van der Waals surface area contributed by atoms with Crippen LogP contribution in [0.25, 0.3) is 0 Å². The molecule has 0 saturated carbocycles. The van der Waals surface area contributed by atoms with Crippen molar-refractivity contribution in [2.45, 2.75) is 33.7 Å². The minimum absolute atomic E-state index is 0.0433. The van der Waals surface area contributed by atoms with E-state index in [9.17, 15) is 4.79 Å². The minimum atomic E-state index is -0.0584. The van der Waals surface area contributed by atoms with Crippen molar-refractivity contribution in [3.8, 4) is 0 Å². The Morgan fingerprint density at radius 3 is 2.55 bits per heavy atom. The van der Waals surface area contributed by atoms with E-state index in [-0.39, 0.29) is 11.9 Å². The average molecular weight is 271 g/mol. The van der Waals surface area contributed by atoms with Crippen LogP contribution in [0.5, 0.6) is 0 Å². The van der Waals surface area contributed by atoms with Gasteiger partial charge in [0.15, 0.2) is 0 Å². The fraction of sp³-hybridized carbons (Fsp3) is 0.375. The van der Waals surface area contributed by atoms with Crippen LogP contribution in [-0.2, 0) is 7.05 Å². The van der Waals surface area contributed by atoms with Gasteiger partial charge in [0.2, 0.25) is 0 Å². The summed E-state index contributed by atoms with van der Waals surface area (Å²) < 4.78 is 1.81. The first-order valence-corrected chi connectivity index (χ1v) is 6.76. The van der Waals surface area contributed by atoms with Gasteiger partial charge in [-0.15, -0.1) is 0 Å². The number of carbonyl (C=O) groups is 1. The normalized spacial score (nSPS) is 12.2. The quantitative estimate of drug-likeness (QED) is 0.933. The molecule has 1 N–H and O–H groups in total. The van der Waals surface area contributed by atoms with E-state index in [1.54, 1.807) is 0 Å². The molecule has 106 valence electrons. The molecule has 20 heavy (non-hydrogen) atoms. The molecular formula is C16H21N3O. The summed E-state index contributed by atoms with van der Waals surface area (Å²) in [6, 6.07) is 5.80. The lowest BCUT2D eigenvalue weighted by atomic mass is 10.0. The van der Waals surface area contributed by atoms with Crippen molar-refractivity contribution >= 4 is 5.91 Å². The first kappa shape index (κ1) is 14.3. The Morgan fingerprint density at radius 2 is 2.00 bits per heavy atom. The van der Waals surface area contributed by atoms with Crippen LogP contribution in [0.3, 0.4) is 0 Å². The van der Waals surface area contributed by atoms with Crippen molar-refractivity contribution in [3.63, 3.8) is 0 Å². The predicted octanol–water partition coefficient (Wildman–Crippen LogP) is 2.84. The van der Waals surface area contributed by atoms with Gasteiger partial charge < -0.3 is 5.32 Å². The van der Waals surface area contributed by atoms with Gasteiger partial charge in [-0.1, -0.05) is 17.7 Å². The number of carbonyl (C=O) groups excluding carboxylic acids is 1. The van der Waals surface area contributed by atoms with E-state index >= 15 is 0 Å². The zero-order valence-corrected chi connectivity index (χ0v) is 12.7. The van der Waals surface area contributed by atoms with Crippen LogP contribution in [0.15, 0.2) is 24.4 Å². The van der Waals surface area contributed by atoms with Crippen LogP contribution < -0.4 is 5.32 Å². The molecule has 1 aromatic heterocycles. The van der Waals surface area contributed by atoms with Gasteiger partial charge in [0.25, 0.3) is 5.91 Å². The van der Waals surface area contributed by atoms with Crippen LogP contribution >= 0.6 is 0 Å². The molecule has 0 spiro atoms. The third-order valence-corrected chi connectivity index (χ3v) is 3.71. The summed E-state index contributed by atoms with van der Waals surface area (Å²) in [4.78, 5) is 12.3. The summed E-state index contributed by atoms with van der Waals surface area (Å²) in [6.07, 6.45) is 1.81. The van der Waals surface area contributed by atoms with E-state index < -0.39 is 0 Å². The van der Waals surface area contributed by atoms with Crippen LogP contribution in [0, 0.1) is 20.8 Å². The van der Waals surface area contributed by atoms with E-state index in [2.05, 4.69) is 10.4 Å². The highest BCUT2D eigenvalue weighted by Crippen LogP contribution is 2.17. The Labute approximate surface area is 119 Å². The summed E-state index contributed by atoms with van der Waals surface area (Å²) in [7, 11) is 1.90. The summed E-state index contributed by atoms with van der Waals surface area (Å²) >= 11 is 0. The molecule has 0 bridgehead atoms. The van der Waals surface area contributed by atoms with Crippen molar-refractivity contribution in [3.05, 3.63) is 52.3 Å². The lowest BCUT2D eigenvalue weighted by Crippen LogP contribution is -2.27. The molecule has 1 unspecified atom stereocenters. The van der Waals surface area contributed by atoms with Gasteiger partial charge in [0.1, 0.15) is 0 Å². The highest BCUT2D eigenvalue weighted by Gasteiger charge is 2.16. The number of nitrogens with zero attached hydrogens (tertiary/aromatic N) is 2. The summed E-state index contributed by atoms with van der Waals surface area (Å²) in [5, 5.41) is 7.25. The maximum atomic E-state index is 12.3. The number of hydrogen-bond acceptors (Lipinski definition) is 2. The fourth-order valence-corrected chi connectivity index (χ4v) is 2.36. The third-order valence-electron chi connectivity index (χ3n) is 3.71. The standard InChI is InChI=1S/C16H21N3O/c1-10-6-7-14(11(2)8-10)16(20)18-12(3)15-9-17-19(5)13(15)4/h6-9,12H,1-5H3,(H,18,20). The van der Waals surface area contributed by atoms with Crippen molar-refractivity contribution in [1.29, 1.82) is 0 Å². The van der Waals surface area contributed by atoms with E-state index in [0.29, 0.717) is 0 Å².